The average molecular weight is 533 g/mol. The number of ether oxygens (including phenoxy) is 3. The summed E-state index contributed by atoms with van der Waals surface area (Å²) < 4.78 is 29.1. The molecule has 2 unspecified atom stereocenters. The number of carbonyl (C=O) groups excluding carboxylic acids is 1. The summed E-state index contributed by atoms with van der Waals surface area (Å²) in [4.78, 5) is 24.9. The maximum atomic E-state index is 13.0. The molecule has 1 fully saturated rings. The molecule has 36 heavy (non-hydrogen) atoms. The van der Waals surface area contributed by atoms with Gasteiger partial charge in [-0.1, -0.05) is 0 Å². The zero-order valence-electron chi connectivity index (χ0n) is 20.2. The minimum absolute atomic E-state index is 0. The molecule has 0 aliphatic carbocycles. The molecule has 1 amide bonds. The van der Waals surface area contributed by atoms with Gasteiger partial charge in [0.05, 0.1) is 38.1 Å². The van der Waals surface area contributed by atoms with Crippen molar-refractivity contribution in [2.24, 2.45) is 0 Å². The molecule has 0 bridgehead atoms. The van der Waals surface area contributed by atoms with Crippen LogP contribution >= 0.6 is 12.4 Å². The molecule has 0 radical (unpaired) electrons. The number of rotatable bonds is 8. The number of anilines is 1. The highest BCUT2D eigenvalue weighted by Gasteiger charge is 2.35. The summed E-state index contributed by atoms with van der Waals surface area (Å²) in [5.41, 5.74) is 2.69. The zero-order chi connectivity index (χ0) is 24.4. The highest BCUT2D eigenvalue weighted by Crippen LogP contribution is 2.41. The fourth-order valence-electron chi connectivity index (χ4n) is 4.57. The van der Waals surface area contributed by atoms with E-state index >= 15 is 0 Å². The van der Waals surface area contributed by atoms with Gasteiger partial charge in [0.1, 0.15) is 18.5 Å². The van der Waals surface area contributed by atoms with Crippen molar-refractivity contribution in [3.05, 3.63) is 47.9 Å². The fraction of sp³-hybridized carbons (Fsp3) is 0.400. The Morgan fingerprint density at radius 3 is 2.75 bits per heavy atom. The SMILES string of the molecule is COc1cc2c(C3C(=O)Nc4ccc([S+](C)[O-])cc43)ncnc2cc1OCCCN1CCOCC1.Cl. The number of nitrogens with zero attached hydrogens (tertiary/aromatic N) is 3. The number of halogens is 1. The smallest absolute Gasteiger partial charge is 0.238 e. The van der Waals surface area contributed by atoms with E-state index in [1.54, 1.807) is 25.5 Å². The van der Waals surface area contributed by atoms with E-state index in [0.717, 1.165) is 44.8 Å². The lowest BCUT2D eigenvalue weighted by atomic mass is 9.94. The Bertz CT molecular complexity index is 1240. The van der Waals surface area contributed by atoms with Crippen LogP contribution in [0, 0.1) is 0 Å². The molecular weight excluding hydrogens is 504 g/mol. The fourth-order valence-corrected chi connectivity index (χ4v) is 5.12. The van der Waals surface area contributed by atoms with E-state index in [1.807, 2.05) is 18.2 Å². The quantitative estimate of drug-likeness (QED) is 0.348. The van der Waals surface area contributed by atoms with E-state index in [-0.39, 0.29) is 18.3 Å². The van der Waals surface area contributed by atoms with Crippen LogP contribution < -0.4 is 14.8 Å². The first kappa shape index (κ1) is 26.4. The van der Waals surface area contributed by atoms with E-state index in [1.165, 1.54) is 6.33 Å². The molecule has 2 aliphatic rings. The van der Waals surface area contributed by atoms with Gasteiger partial charge in [-0.05, 0) is 47.4 Å². The normalized spacial score (nSPS) is 18.3. The van der Waals surface area contributed by atoms with Crippen molar-refractivity contribution >= 4 is 46.1 Å². The molecule has 1 saturated heterocycles. The van der Waals surface area contributed by atoms with Crippen molar-refractivity contribution in [1.29, 1.82) is 0 Å². The lowest BCUT2D eigenvalue weighted by molar-refractivity contribution is -0.116. The van der Waals surface area contributed by atoms with Crippen LogP contribution in [-0.4, -0.2) is 78.1 Å². The minimum Gasteiger partial charge on any atom is -0.612 e. The van der Waals surface area contributed by atoms with Crippen LogP contribution in [0.25, 0.3) is 10.9 Å². The van der Waals surface area contributed by atoms with Crippen LogP contribution in [0.1, 0.15) is 23.6 Å². The molecule has 0 saturated carbocycles. The predicted molar refractivity (Wildman–Crippen MR) is 140 cm³/mol. The van der Waals surface area contributed by atoms with E-state index in [4.69, 9.17) is 14.2 Å². The third-order valence-electron chi connectivity index (χ3n) is 6.39. The van der Waals surface area contributed by atoms with Gasteiger partial charge in [-0.15, -0.1) is 12.4 Å². The lowest BCUT2D eigenvalue weighted by Crippen LogP contribution is -2.37. The van der Waals surface area contributed by atoms with Gasteiger partial charge in [-0.3, -0.25) is 9.69 Å². The van der Waals surface area contributed by atoms with Crippen LogP contribution in [-0.2, 0) is 20.7 Å². The summed E-state index contributed by atoms with van der Waals surface area (Å²) in [5.74, 6) is 0.346. The number of amides is 1. The third kappa shape index (κ3) is 5.37. The maximum Gasteiger partial charge on any atom is 0.238 e. The standard InChI is InChI=1S/C25H28N4O5S.ClH/c1-32-21-13-18-20(14-22(21)34-9-3-6-29-7-10-33-11-8-29)26-15-27-24(18)23-17-12-16(35(2)31)4-5-19(17)28-25(23)30;/h4-5,12-15,23H,3,6-11H2,1-2H3,(H,28,30);1H. The molecule has 0 spiro atoms. The average Bonchev–Trinajstić information content (AvgIpc) is 3.21. The summed E-state index contributed by atoms with van der Waals surface area (Å²) in [6.45, 7) is 4.96. The number of hydrogen-bond donors (Lipinski definition) is 1. The molecule has 2 aliphatic heterocycles. The molecule has 192 valence electrons. The van der Waals surface area contributed by atoms with Gasteiger partial charge in [0.25, 0.3) is 0 Å². The highest BCUT2D eigenvalue weighted by molar-refractivity contribution is 7.90. The largest absolute Gasteiger partial charge is 0.612 e. The Kier molecular flexibility index (Phi) is 8.53. The molecule has 1 N–H and O–H groups in total. The summed E-state index contributed by atoms with van der Waals surface area (Å²) in [5, 5.41) is 3.62. The first-order chi connectivity index (χ1) is 17.0. The van der Waals surface area contributed by atoms with Crippen LogP contribution in [0.4, 0.5) is 5.69 Å². The molecule has 11 heteroatoms. The van der Waals surface area contributed by atoms with Crippen LogP contribution in [0.2, 0.25) is 0 Å². The van der Waals surface area contributed by atoms with E-state index < -0.39 is 17.1 Å². The number of aromatic nitrogens is 2. The number of nitrogens with one attached hydrogen (secondary N) is 1. The number of benzene rings is 2. The predicted octanol–water partition coefficient (Wildman–Crippen LogP) is 2.98. The summed E-state index contributed by atoms with van der Waals surface area (Å²) in [7, 11) is 1.59. The second-order valence-corrected chi connectivity index (χ2v) is 9.94. The van der Waals surface area contributed by atoms with Gasteiger partial charge >= 0.3 is 0 Å². The molecule has 5 rings (SSSR count). The molecular formula is C25H29ClN4O5S. The van der Waals surface area contributed by atoms with Gasteiger partial charge < -0.3 is 24.1 Å². The first-order valence-corrected chi connectivity index (χ1v) is 13.1. The first-order valence-electron chi connectivity index (χ1n) is 11.6. The summed E-state index contributed by atoms with van der Waals surface area (Å²) in [6.07, 6.45) is 3.96. The van der Waals surface area contributed by atoms with Gasteiger partial charge in [-0.2, -0.15) is 0 Å². The number of carbonyl (C=O) groups is 1. The van der Waals surface area contributed by atoms with Gasteiger partial charge in [0, 0.05) is 36.8 Å². The van der Waals surface area contributed by atoms with Crippen LogP contribution in [0.5, 0.6) is 11.5 Å². The topological polar surface area (TPSA) is 109 Å². The van der Waals surface area contributed by atoms with Crippen molar-refractivity contribution in [1.82, 2.24) is 14.9 Å². The minimum atomic E-state index is -1.16. The Labute approximate surface area is 219 Å². The number of fused-ring (bicyclic) bond motifs is 2. The second kappa shape index (κ2) is 11.6. The number of hydrogen-bond acceptors (Lipinski definition) is 8. The van der Waals surface area contributed by atoms with Crippen molar-refractivity contribution in [3.63, 3.8) is 0 Å². The molecule has 3 heterocycles. The zero-order valence-corrected chi connectivity index (χ0v) is 21.8. The van der Waals surface area contributed by atoms with Crippen molar-refractivity contribution in [2.75, 3.05) is 58.1 Å². The molecule has 2 aromatic carbocycles. The Morgan fingerprint density at radius 2 is 2.00 bits per heavy atom. The van der Waals surface area contributed by atoms with Crippen molar-refractivity contribution in [3.8, 4) is 11.5 Å². The van der Waals surface area contributed by atoms with Gasteiger partial charge in [0.15, 0.2) is 16.4 Å². The van der Waals surface area contributed by atoms with Crippen molar-refractivity contribution in [2.45, 2.75) is 17.2 Å². The Hall–Kier alpha value is -2.63. The molecule has 3 aromatic rings. The van der Waals surface area contributed by atoms with E-state index in [9.17, 15) is 9.35 Å². The Balaban J connectivity index is 0.00000304. The van der Waals surface area contributed by atoms with Crippen LogP contribution in [0.3, 0.4) is 0 Å². The maximum absolute atomic E-state index is 13.0. The lowest BCUT2D eigenvalue weighted by Gasteiger charge is -2.26. The van der Waals surface area contributed by atoms with Gasteiger partial charge in [0.2, 0.25) is 5.91 Å². The molecule has 1 aromatic heterocycles. The number of methoxy groups -OCH3 is 1. The molecule has 2 atom stereocenters. The monoisotopic (exact) mass is 532 g/mol. The van der Waals surface area contributed by atoms with Crippen molar-refractivity contribution < 1.29 is 23.6 Å². The summed E-state index contributed by atoms with van der Waals surface area (Å²) >= 11 is -1.16. The second-order valence-electron chi connectivity index (χ2n) is 8.56. The van der Waals surface area contributed by atoms with Gasteiger partial charge in [-0.25, -0.2) is 9.97 Å². The number of morpholine rings is 1. The molecule has 9 nitrogen and oxygen atoms in total. The Morgan fingerprint density at radius 1 is 1.19 bits per heavy atom. The third-order valence-corrected chi connectivity index (χ3v) is 7.31. The van der Waals surface area contributed by atoms with Crippen LogP contribution in [0.15, 0.2) is 41.6 Å². The highest BCUT2D eigenvalue weighted by atomic mass is 35.5. The summed E-state index contributed by atoms with van der Waals surface area (Å²) in [6, 6.07) is 9.03. The van der Waals surface area contributed by atoms with E-state index in [2.05, 4.69) is 20.2 Å². The van der Waals surface area contributed by atoms with E-state index in [0.29, 0.717) is 45.3 Å².